The van der Waals surface area contributed by atoms with E-state index in [2.05, 4.69) is 17.4 Å². The number of methoxy groups -OCH3 is 1. The fraction of sp³-hybridized carbons (Fsp3) is 0.579. The van der Waals surface area contributed by atoms with Crippen LogP contribution >= 0.6 is 0 Å². The summed E-state index contributed by atoms with van der Waals surface area (Å²) in [6, 6.07) is 8.15. The lowest BCUT2D eigenvalue weighted by Crippen LogP contribution is -2.62. The summed E-state index contributed by atoms with van der Waals surface area (Å²) in [5, 5.41) is 3.07. The van der Waals surface area contributed by atoms with Gasteiger partial charge in [0.1, 0.15) is 5.75 Å². The average molecular weight is 328 g/mol. The van der Waals surface area contributed by atoms with Crippen molar-refractivity contribution in [2.45, 2.75) is 37.6 Å². The zero-order chi connectivity index (χ0) is 16.7. The SMILES string of the molecule is COc1ccc([C@@H]2C[C@H]2C(=O)N2CC(NC(=O)C3CCC3)C2)cc1. The predicted molar refractivity (Wildman–Crippen MR) is 89.7 cm³/mol. The molecule has 4 rings (SSSR count). The van der Waals surface area contributed by atoms with Gasteiger partial charge in [-0.1, -0.05) is 18.6 Å². The molecule has 1 aromatic carbocycles. The van der Waals surface area contributed by atoms with Crippen molar-refractivity contribution in [1.29, 1.82) is 0 Å². The molecule has 0 spiro atoms. The second kappa shape index (κ2) is 6.11. The van der Waals surface area contributed by atoms with Gasteiger partial charge in [0.15, 0.2) is 0 Å². The molecule has 1 aliphatic heterocycles. The Bertz CT molecular complexity index is 633. The maximum atomic E-state index is 12.5. The molecule has 1 heterocycles. The van der Waals surface area contributed by atoms with Crippen molar-refractivity contribution in [2.24, 2.45) is 11.8 Å². The van der Waals surface area contributed by atoms with Gasteiger partial charge in [0.2, 0.25) is 11.8 Å². The molecule has 3 aliphatic rings. The number of nitrogens with one attached hydrogen (secondary N) is 1. The number of nitrogens with zero attached hydrogens (tertiary/aromatic N) is 1. The highest BCUT2D eigenvalue weighted by Crippen LogP contribution is 2.49. The van der Waals surface area contributed by atoms with Crippen LogP contribution in [0.2, 0.25) is 0 Å². The Labute approximate surface area is 142 Å². The van der Waals surface area contributed by atoms with Crippen molar-refractivity contribution in [2.75, 3.05) is 20.2 Å². The molecule has 24 heavy (non-hydrogen) atoms. The summed E-state index contributed by atoms with van der Waals surface area (Å²) in [5.74, 6) is 1.94. The molecule has 0 unspecified atom stereocenters. The Kier molecular flexibility index (Phi) is 3.94. The smallest absolute Gasteiger partial charge is 0.226 e. The quantitative estimate of drug-likeness (QED) is 0.898. The van der Waals surface area contributed by atoms with Crippen LogP contribution in [0.5, 0.6) is 5.75 Å². The van der Waals surface area contributed by atoms with Gasteiger partial charge in [-0.15, -0.1) is 0 Å². The van der Waals surface area contributed by atoms with Crippen LogP contribution in [0, 0.1) is 11.8 Å². The maximum absolute atomic E-state index is 12.5. The van der Waals surface area contributed by atoms with Crippen molar-refractivity contribution in [3.63, 3.8) is 0 Å². The van der Waals surface area contributed by atoms with Crippen LogP contribution in [0.15, 0.2) is 24.3 Å². The van der Waals surface area contributed by atoms with Crippen LogP contribution in [-0.4, -0.2) is 43.0 Å². The Morgan fingerprint density at radius 3 is 2.46 bits per heavy atom. The standard InChI is InChI=1S/C19H24N2O3/c1-24-15-7-5-12(6-8-15)16-9-17(16)19(23)21-10-14(11-21)20-18(22)13-3-2-4-13/h5-8,13-14,16-17H,2-4,9-11H2,1H3,(H,20,22)/t16-,17+/m0/s1. The molecule has 5 nitrogen and oxygen atoms in total. The van der Waals surface area contributed by atoms with E-state index in [1.807, 2.05) is 17.0 Å². The Hall–Kier alpha value is -2.04. The zero-order valence-electron chi connectivity index (χ0n) is 14.0. The highest BCUT2D eigenvalue weighted by Gasteiger charge is 2.48. The van der Waals surface area contributed by atoms with Crippen LogP contribution < -0.4 is 10.1 Å². The number of carbonyl (C=O) groups excluding carboxylic acids is 2. The van der Waals surface area contributed by atoms with E-state index in [1.165, 1.54) is 12.0 Å². The number of hydrogen-bond acceptors (Lipinski definition) is 3. The second-order valence-electron chi connectivity index (χ2n) is 7.30. The van der Waals surface area contributed by atoms with Gasteiger partial charge in [0, 0.05) is 24.9 Å². The van der Waals surface area contributed by atoms with Gasteiger partial charge in [-0.3, -0.25) is 9.59 Å². The third kappa shape index (κ3) is 2.87. The minimum atomic E-state index is 0.113. The van der Waals surface area contributed by atoms with E-state index in [4.69, 9.17) is 4.74 Å². The zero-order valence-corrected chi connectivity index (χ0v) is 14.0. The largest absolute Gasteiger partial charge is 0.497 e. The number of rotatable bonds is 5. The van der Waals surface area contributed by atoms with Crippen molar-refractivity contribution in [3.05, 3.63) is 29.8 Å². The number of carbonyl (C=O) groups is 2. The van der Waals surface area contributed by atoms with Crippen molar-refractivity contribution >= 4 is 11.8 Å². The highest BCUT2D eigenvalue weighted by atomic mass is 16.5. The molecule has 2 amide bonds. The number of hydrogen-bond donors (Lipinski definition) is 1. The molecule has 5 heteroatoms. The van der Waals surface area contributed by atoms with Crippen molar-refractivity contribution in [1.82, 2.24) is 10.2 Å². The van der Waals surface area contributed by atoms with Crippen molar-refractivity contribution in [3.8, 4) is 5.75 Å². The van der Waals surface area contributed by atoms with E-state index >= 15 is 0 Å². The maximum Gasteiger partial charge on any atom is 0.226 e. The number of benzene rings is 1. The molecular formula is C19H24N2O3. The van der Waals surface area contributed by atoms with Crippen LogP contribution in [0.3, 0.4) is 0 Å². The molecule has 2 aliphatic carbocycles. The summed E-state index contributed by atoms with van der Waals surface area (Å²) in [6.07, 6.45) is 4.14. The lowest BCUT2D eigenvalue weighted by atomic mass is 9.84. The van der Waals surface area contributed by atoms with Gasteiger partial charge in [-0.2, -0.15) is 0 Å². The first kappa shape index (κ1) is 15.5. The lowest BCUT2D eigenvalue weighted by molar-refractivity contribution is -0.140. The molecule has 3 fully saturated rings. The van der Waals surface area contributed by atoms with E-state index < -0.39 is 0 Å². The monoisotopic (exact) mass is 328 g/mol. The van der Waals surface area contributed by atoms with E-state index in [0.717, 1.165) is 25.0 Å². The summed E-state index contributed by atoms with van der Waals surface area (Å²) >= 11 is 0. The number of amides is 2. The summed E-state index contributed by atoms with van der Waals surface area (Å²) in [4.78, 5) is 26.3. The first-order chi connectivity index (χ1) is 11.7. The van der Waals surface area contributed by atoms with Crippen LogP contribution in [0.4, 0.5) is 0 Å². The fourth-order valence-electron chi connectivity index (χ4n) is 3.66. The molecule has 1 saturated heterocycles. The van der Waals surface area contributed by atoms with Crippen LogP contribution in [-0.2, 0) is 9.59 Å². The molecular weight excluding hydrogens is 304 g/mol. The van der Waals surface area contributed by atoms with Gasteiger partial charge in [0.25, 0.3) is 0 Å². The number of likely N-dealkylation sites (tertiary alicyclic amines) is 1. The van der Waals surface area contributed by atoms with Crippen LogP contribution in [0.25, 0.3) is 0 Å². The third-order valence-electron chi connectivity index (χ3n) is 5.67. The molecule has 0 bridgehead atoms. The number of ether oxygens (including phenoxy) is 1. The summed E-state index contributed by atoms with van der Waals surface area (Å²) in [6.45, 7) is 1.34. The van der Waals surface area contributed by atoms with Crippen LogP contribution in [0.1, 0.15) is 37.2 Å². The molecule has 2 atom stereocenters. The summed E-state index contributed by atoms with van der Waals surface area (Å²) < 4.78 is 5.17. The van der Waals surface area contributed by atoms with E-state index in [-0.39, 0.29) is 29.7 Å². The molecule has 1 aromatic rings. The van der Waals surface area contributed by atoms with E-state index in [9.17, 15) is 9.59 Å². The molecule has 0 radical (unpaired) electrons. The summed E-state index contributed by atoms with van der Waals surface area (Å²) in [7, 11) is 1.66. The first-order valence-electron chi connectivity index (χ1n) is 8.89. The van der Waals surface area contributed by atoms with Crippen molar-refractivity contribution < 1.29 is 14.3 Å². The highest BCUT2D eigenvalue weighted by molar-refractivity contribution is 5.84. The van der Waals surface area contributed by atoms with Gasteiger partial charge in [-0.25, -0.2) is 0 Å². The predicted octanol–water partition coefficient (Wildman–Crippen LogP) is 1.93. The van der Waals surface area contributed by atoms with Gasteiger partial charge in [-0.05, 0) is 42.9 Å². The average Bonchev–Trinajstić information content (AvgIpc) is 3.29. The molecule has 1 N–H and O–H groups in total. The summed E-state index contributed by atoms with van der Waals surface area (Å²) in [5.41, 5.74) is 1.21. The minimum Gasteiger partial charge on any atom is -0.497 e. The molecule has 128 valence electrons. The fourth-order valence-corrected chi connectivity index (χ4v) is 3.66. The van der Waals surface area contributed by atoms with E-state index in [1.54, 1.807) is 7.11 Å². The first-order valence-corrected chi connectivity index (χ1v) is 8.89. The van der Waals surface area contributed by atoms with E-state index in [0.29, 0.717) is 19.0 Å². The molecule has 2 saturated carbocycles. The molecule has 0 aromatic heterocycles. The van der Waals surface area contributed by atoms with Gasteiger partial charge >= 0.3 is 0 Å². The Morgan fingerprint density at radius 1 is 1.17 bits per heavy atom. The minimum absolute atomic E-state index is 0.113. The van der Waals surface area contributed by atoms with Gasteiger partial charge in [0.05, 0.1) is 13.2 Å². The lowest BCUT2D eigenvalue weighted by Gasteiger charge is -2.41. The normalized spacial score (nSPS) is 26.3. The third-order valence-corrected chi connectivity index (χ3v) is 5.67. The topological polar surface area (TPSA) is 58.6 Å². The van der Waals surface area contributed by atoms with Gasteiger partial charge < -0.3 is 15.0 Å². The Balaban J connectivity index is 1.24. The second-order valence-corrected chi connectivity index (χ2v) is 7.30. The Morgan fingerprint density at radius 2 is 1.88 bits per heavy atom.